The maximum atomic E-state index is 3.27. The van der Waals surface area contributed by atoms with Crippen molar-refractivity contribution in [3.05, 3.63) is 47.1 Å². The van der Waals surface area contributed by atoms with E-state index in [4.69, 9.17) is 0 Å². The molecule has 0 amide bonds. The summed E-state index contributed by atoms with van der Waals surface area (Å²) in [7, 11) is 0. The first kappa shape index (κ1) is 9.13. The quantitative estimate of drug-likeness (QED) is 0.346. The van der Waals surface area contributed by atoms with Crippen molar-refractivity contribution < 1.29 is 18.9 Å². The van der Waals surface area contributed by atoms with E-state index in [-0.39, 0.29) is 18.9 Å². The Balaban J connectivity index is 0.000000653. The Hall–Kier alpha value is -0.443. The second kappa shape index (κ2) is 3.37. The molecule has 1 atom stereocenters. The van der Waals surface area contributed by atoms with Gasteiger partial charge >= 0.3 is 18.9 Å². The predicted molar refractivity (Wildman–Crippen MR) is 49.4 cm³/mol. The minimum atomic E-state index is 0. The van der Waals surface area contributed by atoms with Gasteiger partial charge in [0.1, 0.15) is 0 Å². The van der Waals surface area contributed by atoms with Crippen LogP contribution in [0, 0.1) is 12.0 Å². The first-order valence-electron chi connectivity index (χ1n) is 4.66. The van der Waals surface area contributed by atoms with Gasteiger partial charge in [-0.25, -0.2) is 0 Å². The monoisotopic (exact) mass is 162 g/mol. The molecule has 0 aromatic heterocycles. The van der Waals surface area contributed by atoms with E-state index >= 15 is 0 Å². The Morgan fingerprint density at radius 1 is 1.38 bits per heavy atom. The Kier molecular flexibility index (Phi) is 2.36. The zero-order valence-corrected chi connectivity index (χ0v) is 8.01. The Morgan fingerprint density at radius 2 is 2.31 bits per heavy atom. The summed E-state index contributed by atoms with van der Waals surface area (Å²) in [6.45, 7) is 0. The first-order valence-corrected chi connectivity index (χ1v) is 4.66. The number of fused-ring (bicyclic) bond motifs is 2. The van der Waals surface area contributed by atoms with Crippen LogP contribution in [0.1, 0.15) is 19.3 Å². The fourth-order valence-electron chi connectivity index (χ4n) is 2.33. The van der Waals surface area contributed by atoms with Crippen LogP contribution in [0.25, 0.3) is 0 Å². The smallest absolute Gasteiger partial charge is 0.168 e. The fraction of sp³-hybridized carbons (Fsp3) is 0.333. The second-order valence-corrected chi connectivity index (χ2v) is 3.73. The van der Waals surface area contributed by atoms with Gasteiger partial charge in [0.2, 0.25) is 0 Å². The summed E-state index contributed by atoms with van der Waals surface area (Å²) in [5.74, 6) is 0.746. The van der Waals surface area contributed by atoms with Crippen molar-refractivity contribution in [2.45, 2.75) is 19.3 Å². The summed E-state index contributed by atoms with van der Waals surface area (Å²) in [6, 6.07) is 0. The van der Waals surface area contributed by atoms with E-state index in [2.05, 4.69) is 24.3 Å². The van der Waals surface area contributed by atoms with E-state index in [9.17, 15) is 0 Å². The van der Waals surface area contributed by atoms with Crippen LogP contribution >= 0.6 is 0 Å². The van der Waals surface area contributed by atoms with Crippen LogP contribution in [0.15, 0.2) is 41.0 Å². The molecule has 60 valence electrons. The van der Waals surface area contributed by atoms with Crippen LogP contribution < -0.4 is 18.9 Å². The maximum absolute atomic E-state index is 3.27. The van der Waals surface area contributed by atoms with Crippen LogP contribution in [-0.2, 0) is 0 Å². The summed E-state index contributed by atoms with van der Waals surface area (Å²) >= 11 is 0. The molecule has 0 bridgehead atoms. The van der Waals surface area contributed by atoms with Crippen molar-refractivity contribution in [3.8, 4) is 0 Å². The van der Waals surface area contributed by atoms with Gasteiger partial charge in [0.15, 0.2) is 0 Å². The van der Waals surface area contributed by atoms with Gasteiger partial charge in [0.05, 0.1) is 0 Å². The molecule has 0 heterocycles. The van der Waals surface area contributed by atoms with Gasteiger partial charge in [-0.3, -0.25) is 0 Å². The third kappa shape index (κ3) is 1.39. The Morgan fingerprint density at radius 3 is 3.23 bits per heavy atom. The molecule has 13 heavy (non-hydrogen) atoms. The molecule has 0 N–H and O–H groups in total. The van der Waals surface area contributed by atoms with Crippen molar-refractivity contribution in [1.29, 1.82) is 0 Å². The van der Waals surface area contributed by atoms with E-state index in [1.54, 1.807) is 5.57 Å². The fourth-order valence-corrected chi connectivity index (χ4v) is 2.33. The van der Waals surface area contributed by atoms with Gasteiger partial charge < -0.3 is 0 Å². The SMILES string of the molecule is [C-]1=CC=C2C=C3CCCC3C=C12.[Li+]. The average Bonchev–Trinajstić information content (AvgIpc) is 2.64. The molecule has 1 heteroatoms. The predicted octanol–water partition coefficient (Wildman–Crippen LogP) is -0.0437. The number of allylic oxidation sites excluding steroid dienone is 8. The maximum Gasteiger partial charge on any atom is 1.00 e. The molecule has 0 saturated heterocycles. The second-order valence-electron chi connectivity index (χ2n) is 3.73. The van der Waals surface area contributed by atoms with Crippen LogP contribution in [-0.4, -0.2) is 0 Å². The Labute approximate surface area is 91.3 Å². The summed E-state index contributed by atoms with van der Waals surface area (Å²) < 4.78 is 0. The standard InChI is InChI=1S/C12H11.Li/c1-3-9-7-11-5-2-6-12(11)8-10(9)4-1;/h1,3,7-8,12H,2,5-6H2;/q-1;+1. The normalized spacial score (nSPS) is 28.3. The molecular weight excluding hydrogens is 151 g/mol. The van der Waals surface area contributed by atoms with E-state index in [0.717, 1.165) is 5.92 Å². The summed E-state index contributed by atoms with van der Waals surface area (Å²) in [4.78, 5) is 0. The molecule has 0 nitrogen and oxygen atoms in total. The molecule has 3 aliphatic rings. The average molecular weight is 162 g/mol. The van der Waals surface area contributed by atoms with Crippen molar-refractivity contribution in [2.24, 2.45) is 5.92 Å². The molecule has 0 spiro atoms. The van der Waals surface area contributed by atoms with E-state index in [1.807, 2.05) is 6.08 Å². The largest absolute Gasteiger partial charge is 1.00 e. The topological polar surface area (TPSA) is 0 Å². The van der Waals surface area contributed by atoms with Crippen LogP contribution in [0.3, 0.4) is 0 Å². The zero-order valence-electron chi connectivity index (χ0n) is 8.01. The van der Waals surface area contributed by atoms with E-state index < -0.39 is 0 Å². The summed E-state index contributed by atoms with van der Waals surface area (Å²) in [5, 5.41) is 0. The van der Waals surface area contributed by atoms with Gasteiger partial charge in [-0.05, 0) is 18.8 Å². The van der Waals surface area contributed by atoms with Crippen molar-refractivity contribution in [2.75, 3.05) is 0 Å². The van der Waals surface area contributed by atoms with Gasteiger partial charge in [-0.2, -0.15) is 17.7 Å². The molecule has 0 aromatic rings. The van der Waals surface area contributed by atoms with Gasteiger partial charge in [0.25, 0.3) is 0 Å². The molecule has 0 aromatic carbocycles. The van der Waals surface area contributed by atoms with Crippen molar-refractivity contribution in [3.63, 3.8) is 0 Å². The van der Waals surface area contributed by atoms with Crippen LogP contribution in [0.5, 0.6) is 0 Å². The summed E-state index contributed by atoms with van der Waals surface area (Å²) in [6.07, 6.45) is 16.2. The number of hydrogen-bond acceptors (Lipinski definition) is 0. The minimum absolute atomic E-state index is 0. The first-order chi connectivity index (χ1) is 5.93. The molecule has 0 radical (unpaired) electrons. The summed E-state index contributed by atoms with van der Waals surface area (Å²) in [5.41, 5.74) is 4.34. The molecule has 3 aliphatic carbocycles. The van der Waals surface area contributed by atoms with Crippen molar-refractivity contribution >= 4 is 0 Å². The van der Waals surface area contributed by atoms with Crippen LogP contribution in [0.2, 0.25) is 0 Å². The third-order valence-electron chi connectivity index (χ3n) is 2.98. The molecule has 3 rings (SSSR count). The zero-order chi connectivity index (χ0) is 7.97. The number of hydrogen-bond donors (Lipinski definition) is 0. The molecule has 1 unspecified atom stereocenters. The van der Waals surface area contributed by atoms with Crippen molar-refractivity contribution in [1.82, 2.24) is 0 Å². The Bertz CT molecular complexity index is 342. The molecule has 0 aliphatic heterocycles. The third-order valence-corrected chi connectivity index (χ3v) is 2.98. The molecular formula is C12H11Li. The van der Waals surface area contributed by atoms with Crippen LogP contribution in [0.4, 0.5) is 0 Å². The molecule has 1 saturated carbocycles. The van der Waals surface area contributed by atoms with E-state index in [1.165, 1.54) is 30.4 Å². The van der Waals surface area contributed by atoms with Gasteiger partial charge in [-0.1, -0.05) is 12.0 Å². The van der Waals surface area contributed by atoms with Gasteiger partial charge in [0, 0.05) is 0 Å². The molecule has 1 fully saturated rings. The minimum Gasteiger partial charge on any atom is -0.168 e. The van der Waals surface area contributed by atoms with E-state index in [0.29, 0.717) is 0 Å². The number of rotatable bonds is 0. The van der Waals surface area contributed by atoms with Gasteiger partial charge in [-0.15, -0.1) is 23.8 Å².